The van der Waals surface area contributed by atoms with E-state index in [9.17, 15) is 0 Å². The van der Waals surface area contributed by atoms with Gasteiger partial charge in [-0.1, -0.05) is 94.8 Å². The molecule has 0 saturated heterocycles. The van der Waals surface area contributed by atoms with E-state index in [0.717, 1.165) is 27.2 Å². The molecule has 0 fully saturated rings. The summed E-state index contributed by atoms with van der Waals surface area (Å²) in [5, 5.41) is 2.54. The van der Waals surface area contributed by atoms with Gasteiger partial charge >= 0.3 is 0 Å². The third-order valence-electron chi connectivity index (χ3n) is 7.26. The molecule has 0 aliphatic heterocycles. The topological polar surface area (TPSA) is 8.17 Å². The highest BCUT2D eigenvalue weighted by Gasteiger charge is 2.15. The molecular weight excluding hydrogens is 540 g/mol. The Morgan fingerprint density at radius 3 is 1.41 bits per heavy atom. The van der Waals surface area contributed by atoms with Gasteiger partial charge in [0.05, 0.1) is 11.0 Å². The number of para-hydroxylation sites is 3. The summed E-state index contributed by atoms with van der Waals surface area (Å²) in [4.78, 5) is 2.31. The maximum atomic E-state index is 3.53. The molecule has 6 aromatic carbocycles. The van der Waals surface area contributed by atoms with Gasteiger partial charge in [0.25, 0.3) is 0 Å². The smallest absolute Gasteiger partial charge is 0.0541 e. The van der Waals surface area contributed by atoms with Crippen LogP contribution in [0, 0.1) is 0 Å². The summed E-state index contributed by atoms with van der Waals surface area (Å²) in [5.74, 6) is 0. The Labute approximate surface area is 236 Å². The van der Waals surface area contributed by atoms with Gasteiger partial charge in [-0.15, -0.1) is 0 Å². The van der Waals surface area contributed by atoms with Gasteiger partial charge in [0.1, 0.15) is 0 Å². The lowest BCUT2D eigenvalue weighted by Gasteiger charge is -2.26. The summed E-state index contributed by atoms with van der Waals surface area (Å²) in [6.07, 6.45) is 0. The van der Waals surface area contributed by atoms with Crippen molar-refractivity contribution in [3.05, 3.63) is 156 Å². The van der Waals surface area contributed by atoms with Gasteiger partial charge in [-0.25, -0.2) is 0 Å². The molecule has 0 aliphatic rings. The molecule has 7 rings (SSSR count). The van der Waals surface area contributed by atoms with Crippen molar-refractivity contribution in [1.29, 1.82) is 0 Å². The molecule has 2 nitrogen and oxygen atoms in total. The second-order valence-corrected chi connectivity index (χ2v) is 10.5. The Hall–Kier alpha value is -4.60. The molecule has 0 atom stereocenters. The van der Waals surface area contributed by atoms with Crippen molar-refractivity contribution in [2.24, 2.45) is 0 Å². The van der Waals surface area contributed by atoms with Crippen molar-refractivity contribution in [1.82, 2.24) is 4.57 Å². The standard InChI is InChI=1S/C36H25BrN2/c37-28-18-14-26(15-19-28)27-16-20-30(21-17-27)38(29-8-2-1-3-9-29)31-22-24-32(25-23-31)39-35-12-6-4-10-33(35)34-11-5-7-13-36(34)39/h1-25H. The first-order chi connectivity index (χ1) is 19.3. The fraction of sp³-hybridized carbons (Fsp3) is 0. The SMILES string of the molecule is Brc1ccc(-c2ccc(N(c3ccccc3)c3ccc(-n4c5ccccc5c5ccccc54)cc3)cc2)cc1. The monoisotopic (exact) mass is 564 g/mol. The van der Waals surface area contributed by atoms with Crippen molar-refractivity contribution in [3.8, 4) is 16.8 Å². The number of benzene rings is 6. The summed E-state index contributed by atoms with van der Waals surface area (Å²) in [6, 6.07) is 53.9. The fourth-order valence-corrected chi connectivity index (χ4v) is 5.69. The van der Waals surface area contributed by atoms with Crippen LogP contribution in [0.4, 0.5) is 17.1 Å². The fourth-order valence-electron chi connectivity index (χ4n) is 5.42. The third kappa shape index (κ3) is 4.31. The number of aromatic nitrogens is 1. The first kappa shape index (κ1) is 23.5. The molecule has 0 spiro atoms. The highest BCUT2D eigenvalue weighted by molar-refractivity contribution is 9.10. The minimum Gasteiger partial charge on any atom is -0.311 e. The zero-order chi connectivity index (χ0) is 26.2. The number of rotatable bonds is 5. The van der Waals surface area contributed by atoms with Gasteiger partial charge in [0.2, 0.25) is 0 Å². The lowest BCUT2D eigenvalue weighted by Crippen LogP contribution is -2.10. The van der Waals surface area contributed by atoms with Crippen molar-refractivity contribution in [2.45, 2.75) is 0 Å². The van der Waals surface area contributed by atoms with Crippen LogP contribution >= 0.6 is 15.9 Å². The van der Waals surface area contributed by atoms with E-state index in [4.69, 9.17) is 0 Å². The maximum absolute atomic E-state index is 3.53. The highest BCUT2D eigenvalue weighted by atomic mass is 79.9. The van der Waals surface area contributed by atoms with Crippen LogP contribution in [-0.4, -0.2) is 4.57 Å². The molecule has 1 aromatic heterocycles. The van der Waals surface area contributed by atoms with Crippen molar-refractivity contribution in [3.63, 3.8) is 0 Å². The second kappa shape index (κ2) is 9.94. The zero-order valence-electron chi connectivity index (χ0n) is 21.2. The van der Waals surface area contributed by atoms with Gasteiger partial charge in [-0.05, 0) is 83.9 Å². The van der Waals surface area contributed by atoms with Gasteiger partial charge in [-0.2, -0.15) is 0 Å². The van der Waals surface area contributed by atoms with Crippen LogP contribution in [0.5, 0.6) is 0 Å². The summed E-state index contributed by atoms with van der Waals surface area (Å²) in [5.41, 5.74) is 9.33. The second-order valence-electron chi connectivity index (χ2n) is 9.61. The van der Waals surface area contributed by atoms with E-state index in [1.165, 1.54) is 32.9 Å². The quantitative estimate of drug-likeness (QED) is 0.202. The first-order valence-corrected chi connectivity index (χ1v) is 13.9. The van der Waals surface area contributed by atoms with Gasteiger partial charge in [0, 0.05) is 38.0 Å². The number of fused-ring (bicyclic) bond motifs is 3. The maximum Gasteiger partial charge on any atom is 0.0541 e. The Morgan fingerprint density at radius 2 is 0.846 bits per heavy atom. The largest absolute Gasteiger partial charge is 0.311 e. The van der Waals surface area contributed by atoms with Crippen LogP contribution in [0.25, 0.3) is 38.6 Å². The van der Waals surface area contributed by atoms with Gasteiger partial charge < -0.3 is 9.47 Å². The average molecular weight is 566 g/mol. The number of anilines is 3. The van der Waals surface area contributed by atoms with E-state index in [2.05, 4.69) is 177 Å². The molecule has 0 aliphatic carbocycles. The average Bonchev–Trinajstić information content (AvgIpc) is 3.34. The molecule has 0 bridgehead atoms. The van der Waals surface area contributed by atoms with Crippen molar-refractivity contribution >= 4 is 54.8 Å². The molecule has 7 aromatic rings. The summed E-state index contributed by atoms with van der Waals surface area (Å²) in [7, 11) is 0. The van der Waals surface area contributed by atoms with Crippen LogP contribution in [0.1, 0.15) is 0 Å². The molecule has 1 heterocycles. The van der Waals surface area contributed by atoms with Crippen molar-refractivity contribution in [2.75, 3.05) is 4.90 Å². The molecule has 0 saturated carbocycles. The van der Waals surface area contributed by atoms with Crippen LogP contribution in [0.2, 0.25) is 0 Å². The summed E-state index contributed by atoms with van der Waals surface area (Å²) in [6.45, 7) is 0. The summed E-state index contributed by atoms with van der Waals surface area (Å²) < 4.78 is 3.44. The molecular formula is C36H25BrN2. The van der Waals surface area contributed by atoms with Crippen LogP contribution in [-0.2, 0) is 0 Å². The number of halogens is 1. The van der Waals surface area contributed by atoms with E-state index in [0.29, 0.717) is 0 Å². The third-order valence-corrected chi connectivity index (χ3v) is 7.79. The van der Waals surface area contributed by atoms with Crippen LogP contribution < -0.4 is 4.90 Å². The van der Waals surface area contributed by atoms with E-state index in [1.807, 2.05) is 0 Å². The van der Waals surface area contributed by atoms with E-state index < -0.39 is 0 Å². The van der Waals surface area contributed by atoms with E-state index in [-0.39, 0.29) is 0 Å². The zero-order valence-corrected chi connectivity index (χ0v) is 22.8. The van der Waals surface area contributed by atoms with E-state index >= 15 is 0 Å². The van der Waals surface area contributed by atoms with E-state index in [1.54, 1.807) is 0 Å². The van der Waals surface area contributed by atoms with Crippen molar-refractivity contribution < 1.29 is 0 Å². The normalized spacial score (nSPS) is 11.2. The van der Waals surface area contributed by atoms with Crippen LogP contribution in [0.3, 0.4) is 0 Å². The van der Waals surface area contributed by atoms with Gasteiger partial charge in [0.15, 0.2) is 0 Å². The highest BCUT2D eigenvalue weighted by Crippen LogP contribution is 2.37. The molecule has 0 N–H and O–H groups in total. The predicted molar refractivity (Wildman–Crippen MR) is 169 cm³/mol. The molecule has 39 heavy (non-hydrogen) atoms. The Morgan fingerprint density at radius 1 is 0.410 bits per heavy atom. The molecule has 186 valence electrons. The molecule has 0 radical (unpaired) electrons. The molecule has 3 heteroatoms. The molecule has 0 amide bonds. The lowest BCUT2D eigenvalue weighted by atomic mass is 10.0. The lowest BCUT2D eigenvalue weighted by molar-refractivity contribution is 1.17. The van der Waals surface area contributed by atoms with Crippen LogP contribution in [0.15, 0.2) is 156 Å². The Balaban J connectivity index is 1.30. The minimum atomic E-state index is 1.09. The first-order valence-electron chi connectivity index (χ1n) is 13.1. The summed E-state index contributed by atoms with van der Waals surface area (Å²) >= 11 is 3.53. The predicted octanol–water partition coefficient (Wildman–Crippen LogP) is 10.7. The number of nitrogens with zero attached hydrogens (tertiary/aromatic N) is 2. The minimum absolute atomic E-state index is 1.09. The van der Waals surface area contributed by atoms with Gasteiger partial charge in [-0.3, -0.25) is 0 Å². The molecule has 0 unspecified atom stereocenters. The number of hydrogen-bond acceptors (Lipinski definition) is 1. The Kier molecular flexibility index (Phi) is 5.99. The number of hydrogen-bond donors (Lipinski definition) is 0. The Bertz CT molecular complexity index is 1830.